The zero-order valence-corrected chi connectivity index (χ0v) is 10.2. The molecule has 1 atom stereocenters. The quantitative estimate of drug-likeness (QED) is 0.787. The van der Waals surface area contributed by atoms with Crippen LogP contribution in [0.25, 0.3) is 0 Å². The number of nitrogens with one attached hydrogen (secondary N) is 1. The van der Waals surface area contributed by atoms with Gasteiger partial charge in [0.1, 0.15) is 0 Å². The van der Waals surface area contributed by atoms with Crippen molar-refractivity contribution in [1.29, 1.82) is 0 Å². The molecule has 0 aromatic heterocycles. The lowest BCUT2D eigenvalue weighted by molar-refractivity contribution is 0.525. The van der Waals surface area contributed by atoms with Gasteiger partial charge in [-0.15, -0.1) is 0 Å². The van der Waals surface area contributed by atoms with Gasteiger partial charge in [-0.05, 0) is 49.9 Å². The predicted octanol–water partition coefficient (Wildman–Crippen LogP) is 3.58. The molecule has 1 unspecified atom stereocenters. The van der Waals surface area contributed by atoms with Crippen LogP contribution in [-0.2, 0) is 6.42 Å². The second kappa shape index (κ2) is 6.07. The van der Waals surface area contributed by atoms with Gasteiger partial charge in [-0.1, -0.05) is 35.9 Å². The third-order valence-electron chi connectivity index (χ3n) is 2.99. The summed E-state index contributed by atoms with van der Waals surface area (Å²) in [7, 11) is 0. The van der Waals surface area contributed by atoms with Gasteiger partial charge in [0, 0.05) is 11.1 Å². The van der Waals surface area contributed by atoms with Crippen LogP contribution in [0, 0.1) is 0 Å². The Bertz CT molecular complexity index is 342. The number of rotatable bonds is 4. The number of allylic oxidation sites excluding steroid dienone is 1. The van der Waals surface area contributed by atoms with Crippen LogP contribution in [0.2, 0.25) is 5.02 Å². The van der Waals surface area contributed by atoms with E-state index in [1.807, 2.05) is 12.1 Å². The van der Waals surface area contributed by atoms with Gasteiger partial charge in [0.05, 0.1) is 0 Å². The Morgan fingerprint density at radius 1 is 1.25 bits per heavy atom. The Balaban J connectivity index is 1.73. The van der Waals surface area contributed by atoms with Crippen LogP contribution in [0.1, 0.15) is 24.8 Å². The molecule has 0 saturated heterocycles. The number of benzene rings is 1. The van der Waals surface area contributed by atoms with E-state index in [0.29, 0.717) is 6.04 Å². The van der Waals surface area contributed by atoms with Gasteiger partial charge in [-0.3, -0.25) is 0 Å². The summed E-state index contributed by atoms with van der Waals surface area (Å²) in [5, 5.41) is 4.38. The fourth-order valence-electron chi connectivity index (χ4n) is 2.04. The van der Waals surface area contributed by atoms with Crippen molar-refractivity contribution in [2.75, 3.05) is 6.54 Å². The highest BCUT2D eigenvalue weighted by molar-refractivity contribution is 6.30. The number of halogens is 1. The Morgan fingerprint density at radius 3 is 2.75 bits per heavy atom. The van der Waals surface area contributed by atoms with Gasteiger partial charge in [0.15, 0.2) is 0 Å². The van der Waals surface area contributed by atoms with E-state index in [2.05, 4.69) is 29.6 Å². The van der Waals surface area contributed by atoms with Gasteiger partial charge in [0.2, 0.25) is 0 Å². The van der Waals surface area contributed by atoms with Crippen molar-refractivity contribution in [2.24, 2.45) is 0 Å². The van der Waals surface area contributed by atoms with Crippen LogP contribution in [0.15, 0.2) is 36.4 Å². The van der Waals surface area contributed by atoms with E-state index >= 15 is 0 Å². The molecule has 0 heterocycles. The summed E-state index contributed by atoms with van der Waals surface area (Å²) >= 11 is 5.84. The lowest BCUT2D eigenvalue weighted by Gasteiger charge is -2.17. The van der Waals surface area contributed by atoms with Crippen LogP contribution in [0.3, 0.4) is 0 Å². The minimum atomic E-state index is 0.584. The normalized spacial score (nSPS) is 19.9. The standard InChI is InChI=1S/C14H18ClN/c15-13-8-6-12(7-9-13)10-11-16-14-4-2-1-3-5-14/h2,4,6-9,14,16H,1,3,5,10-11H2. The number of hydrogen-bond donors (Lipinski definition) is 1. The van der Waals surface area contributed by atoms with Crippen LogP contribution >= 0.6 is 11.6 Å². The molecule has 0 spiro atoms. The van der Waals surface area contributed by atoms with Crippen LogP contribution in [-0.4, -0.2) is 12.6 Å². The monoisotopic (exact) mass is 235 g/mol. The van der Waals surface area contributed by atoms with Crippen molar-refractivity contribution in [1.82, 2.24) is 5.32 Å². The van der Waals surface area contributed by atoms with Crippen molar-refractivity contribution in [3.8, 4) is 0 Å². The molecule has 0 radical (unpaired) electrons. The molecular formula is C14H18ClN. The summed E-state index contributed by atoms with van der Waals surface area (Å²) in [6.45, 7) is 1.04. The Kier molecular flexibility index (Phi) is 4.44. The average molecular weight is 236 g/mol. The van der Waals surface area contributed by atoms with Crippen molar-refractivity contribution >= 4 is 11.6 Å². The SMILES string of the molecule is Clc1ccc(CCNC2C=CCCC2)cc1. The third-order valence-corrected chi connectivity index (χ3v) is 3.24. The summed E-state index contributed by atoms with van der Waals surface area (Å²) in [4.78, 5) is 0. The van der Waals surface area contributed by atoms with Crippen molar-refractivity contribution in [2.45, 2.75) is 31.7 Å². The summed E-state index contributed by atoms with van der Waals surface area (Å²) < 4.78 is 0. The van der Waals surface area contributed by atoms with E-state index in [9.17, 15) is 0 Å². The fourth-order valence-corrected chi connectivity index (χ4v) is 2.16. The van der Waals surface area contributed by atoms with Crippen molar-refractivity contribution in [3.63, 3.8) is 0 Å². The second-order valence-corrected chi connectivity index (χ2v) is 4.73. The molecule has 2 rings (SSSR count). The number of hydrogen-bond acceptors (Lipinski definition) is 1. The molecule has 2 heteroatoms. The molecular weight excluding hydrogens is 218 g/mol. The smallest absolute Gasteiger partial charge is 0.0406 e. The maximum absolute atomic E-state index is 5.84. The van der Waals surface area contributed by atoms with Crippen LogP contribution in [0.4, 0.5) is 0 Å². The van der Waals surface area contributed by atoms with Gasteiger partial charge in [-0.25, -0.2) is 0 Å². The molecule has 86 valence electrons. The Hall–Kier alpha value is -0.790. The first kappa shape index (κ1) is 11.7. The molecule has 0 aliphatic heterocycles. The molecule has 1 aliphatic rings. The summed E-state index contributed by atoms with van der Waals surface area (Å²) in [6.07, 6.45) is 9.48. The topological polar surface area (TPSA) is 12.0 Å². The minimum absolute atomic E-state index is 0.584. The molecule has 16 heavy (non-hydrogen) atoms. The van der Waals surface area contributed by atoms with Gasteiger partial charge in [-0.2, -0.15) is 0 Å². The predicted molar refractivity (Wildman–Crippen MR) is 69.9 cm³/mol. The summed E-state index contributed by atoms with van der Waals surface area (Å²) in [6, 6.07) is 8.69. The van der Waals surface area contributed by atoms with E-state index in [4.69, 9.17) is 11.6 Å². The Morgan fingerprint density at radius 2 is 2.06 bits per heavy atom. The maximum Gasteiger partial charge on any atom is 0.0406 e. The second-order valence-electron chi connectivity index (χ2n) is 4.30. The molecule has 1 aromatic rings. The first-order chi connectivity index (χ1) is 7.84. The summed E-state index contributed by atoms with van der Waals surface area (Å²) in [5.41, 5.74) is 1.34. The van der Waals surface area contributed by atoms with Gasteiger partial charge >= 0.3 is 0 Å². The zero-order chi connectivity index (χ0) is 11.2. The fraction of sp³-hybridized carbons (Fsp3) is 0.429. The van der Waals surface area contributed by atoms with E-state index in [0.717, 1.165) is 18.0 Å². The van der Waals surface area contributed by atoms with E-state index in [1.54, 1.807) is 0 Å². The van der Waals surface area contributed by atoms with Gasteiger partial charge in [0.25, 0.3) is 0 Å². The lowest BCUT2D eigenvalue weighted by atomic mass is 10.0. The third kappa shape index (κ3) is 3.66. The van der Waals surface area contributed by atoms with E-state index < -0.39 is 0 Å². The van der Waals surface area contributed by atoms with Crippen LogP contribution in [0.5, 0.6) is 0 Å². The van der Waals surface area contributed by atoms with Crippen molar-refractivity contribution in [3.05, 3.63) is 47.0 Å². The first-order valence-corrected chi connectivity index (χ1v) is 6.37. The minimum Gasteiger partial charge on any atom is -0.310 e. The maximum atomic E-state index is 5.84. The molecule has 0 fully saturated rings. The zero-order valence-electron chi connectivity index (χ0n) is 9.45. The Labute approximate surface area is 103 Å². The summed E-state index contributed by atoms with van der Waals surface area (Å²) in [5.74, 6) is 0. The van der Waals surface area contributed by atoms with E-state index in [1.165, 1.54) is 24.8 Å². The first-order valence-electron chi connectivity index (χ1n) is 5.99. The molecule has 1 aliphatic carbocycles. The van der Waals surface area contributed by atoms with Crippen LogP contribution < -0.4 is 5.32 Å². The largest absolute Gasteiger partial charge is 0.310 e. The molecule has 1 aromatic carbocycles. The highest BCUT2D eigenvalue weighted by atomic mass is 35.5. The molecule has 0 amide bonds. The lowest BCUT2D eigenvalue weighted by Crippen LogP contribution is -2.30. The highest BCUT2D eigenvalue weighted by Crippen LogP contribution is 2.11. The highest BCUT2D eigenvalue weighted by Gasteiger charge is 2.06. The molecule has 0 bridgehead atoms. The molecule has 0 saturated carbocycles. The van der Waals surface area contributed by atoms with Crippen molar-refractivity contribution < 1.29 is 0 Å². The average Bonchev–Trinajstić information content (AvgIpc) is 2.33. The molecule has 1 N–H and O–H groups in total. The van der Waals surface area contributed by atoms with Gasteiger partial charge < -0.3 is 5.32 Å². The molecule has 1 nitrogen and oxygen atoms in total. The van der Waals surface area contributed by atoms with E-state index in [-0.39, 0.29) is 0 Å².